The first-order chi connectivity index (χ1) is 15.9. The second kappa shape index (κ2) is 15.1. The molecular formula is C30H46O4. The average molecular weight is 471 g/mol. The Labute approximate surface area is 207 Å². The van der Waals surface area contributed by atoms with E-state index in [0.29, 0.717) is 29.4 Å². The van der Waals surface area contributed by atoms with Gasteiger partial charge in [-0.25, -0.2) is 0 Å². The molecule has 4 N–H and O–H groups in total. The Kier molecular flexibility index (Phi) is 13.8. The Morgan fingerprint density at radius 2 is 1.41 bits per heavy atom. The lowest BCUT2D eigenvalue weighted by atomic mass is 9.75. The summed E-state index contributed by atoms with van der Waals surface area (Å²) >= 11 is 0. The number of aromatic hydroxyl groups is 2. The first-order valence-corrected chi connectivity index (χ1v) is 12.3. The molecule has 4 nitrogen and oxygen atoms in total. The fourth-order valence-electron chi connectivity index (χ4n) is 3.60. The molecule has 0 heterocycles. The number of hydrogen-bond donors (Lipinski definition) is 4. The van der Waals surface area contributed by atoms with Gasteiger partial charge in [0.25, 0.3) is 0 Å². The van der Waals surface area contributed by atoms with Crippen LogP contribution < -0.4 is 0 Å². The monoisotopic (exact) mass is 470 g/mol. The van der Waals surface area contributed by atoms with Gasteiger partial charge in [0.2, 0.25) is 0 Å². The number of aliphatic hydroxyl groups is 2. The first-order valence-electron chi connectivity index (χ1n) is 12.3. The van der Waals surface area contributed by atoms with Gasteiger partial charge in [-0.2, -0.15) is 0 Å². The molecule has 0 bridgehead atoms. The van der Waals surface area contributed by atoms with Gasteiger partial charge in [0, 0.05) is 17.9 Å². The molecule has 1 aliphatic carbocycles. The van der Waals surface area contributed by atoms with Crippen LogP contribution in [0.3, 0.4) is 0 Å². The molecule has 2 aromatic carbocycles. The third kappa shape index (κ3) is 9.54. The maximum atomic E-state index is 9.89. The molecule has 0 aliphatic heterocycles. The Balaban J connectivity index is 0.000000479. The van der Waals surface area contributed by atoms with Crippen molar-refractivity contribution in [2.24, 2.45) is 5.92 Å². The average Bonchev–Trinajstić information content (AvgIpc) is 2.81. The van der Waals surface area contributed by atoms with Gasteiger partial charge in [-0.15, -0.1) is 0 Å². The molecule has 34 heavy (non-hydrogen) atoms. The highest BCUT2D eigenvalue weighted by Gasteiger charge is 2.26. The van der Waals surface area contributed by atoms with Gasteiger partial charge in [0.05, 0.1) is 11.5 Å². The molecule has 190 valence electrons. The Morgan fingerprint density at radius 1 is 0.824 bits per heavy atom. The highest BCUT2D eigenvalue weighted by molar-refractivity contribution is 5.43. The largest absolute Gasteiger partial charge is 0.512 e. The zero-order valence-corrected chi connectivity index (χ0v) is 22.6. The quantitative estimate of drug-likeness (QED) is 0.361. The van der Waals surface area contributed by atoms with Crippen molar-refractivity contribution in [2.75, 3.05) is 0 Å². The highest BCUT2D eigenvalue weighted by Crippen LogP contribution is 2.38. The van der Waals surface area contributed by atoms with Crippen molar-refractivity contribution in [3.63, 3.8) is 0 Å². The van der Waals surface area contributed by atoms with Crippen LogP contribution in [0, 0.1) is 26.7 Å². The van der Waals surface area contributed by atoms with E-state index in [9.17, 15) is 5.11 Å². The van der Waals surface area contributed by atoms with Gasteiger partial charge in [-0.1, -0.05) is 59.7 Å². The summed E-state index contributed by atoms with van der Waals surface area (Å²) in [6.07, 6.45) is 5.73. The number of phenolic OH excluding ortho intramolecular Hbond substituents is 2. The SMILES string of the molecule is CC.CC1CC(O)=CC=C1O.CCC(C)(CC)c1c(C)cccc1O.Cc1ccc(O)cc1C. The molecule has 1 aliphatic rings. The van der Waals surface area contributed by atoms with E-state index in [-0.39, 0.29) is 11.3 Å². The maximum absolute atomic E-state index is 9.89. The molecule has 0 amide bonds. The zero-order chi connectivity index (χ0) is 26.5. The highest BCUT2D eigenvalue weighted by atomic mass is 16.3. The minimum atomic E-state index is 0.0787. The van der Waals surface area contributed by atoms with Crippen molar-refractivity contribution >= 4 is 0 Å². The summed E-state index contributed by atoms with van der Waals surface area (Å²) in [5, 5.41) is 36.7. The predicted octanol–water partition coefficient (Wildman–Crippen LogP) is 8.72. The van der Waals surface area contributed by atoms with Crippen molar-refractivity contribution < 1.29 is 20.4 Å². The minimum absolute atomic E-state index is 0.0787. The standard InChI is InChI=1S/C13H20O.C8H10O.C7H10O2.C2H6/c1-5-13(4,6-2)12-10(3)8-7-9-11(12)14;1-6-3-4-8(9)5-7(6)2;1-5-4-6(8)2-3-7(5)9;1-2/h7-9,14H,5-6H2,1-4H3;3-5,9H,1-2H3;2-3,5,8-9H,4H2,1H3;1-2H3. The van der Waals surface area contributed by atoms with E-state index in [0.717, 1.165) is 24.0 Å². The zero-order valence-electron chi connectivity index (χ0n) is 22.6. The lowest BCUT2D eigenvalue weighted by Crippen LogP contribution is -2.20. The molecule has 4 heteroatoms. The number of hydrogen-bond acceptors (Lipinski definition) is 4. The normalized spacial score (nSPS) is 14.7. The van der Waals surface area contributed by atoms with Gasteiger partial charge in [0.1, 0.15) is 11.5 Å². The van der Waals surface area contributed by atoms with Crippen LogP contribution in [0.15, 0.2) is 60.1 Å². The maximum Gasteiger partial charge on any atom is 0.119 e. The summed E-state index contributed by atoms with van der Waals surface area (Å²) in [6.45, 7) is 18.5. The summed E-state index contributed by atoms with van der Waals surface area (Å²) in [6, 6.07) is 11.1. The Hall–Kier alpha value is -2.88. The molecule has 0 spiro atoms. The molecule has 0 saturated heterocycles. The smallest absolute Gasteiger partial charge is 0.119 e. The van der Waals surface area contributed by atoms with Gasteiger partial charge in [-0.05, 0) is 86.1 Å². The van der Waals surface area contributed by atoms with E-state index in [1.54, 1.807) is 18.2 Å². The van der Waals surface area contributed by atoms with Crippen molar-refractivity contribution in [3.8, 4) is 11.5 Å². The molecule has 0 aromatic heterocycles. The van der Waals surface area contributed by atoms with Gasteiger partial charge >= 0.3 is 0 Å². The van der Waals surface area contributed by atoms with E-state index >= 15 is 0 Å². The molecule has 1 atom stereocenters. The summed E-state index contributed by atoms with van der Waals surface area (Å²) in [5.74, 6) is 1.57. The molecule has 3 rings (SSSR count). The van der Waals surface area contributed by atoms with Gasteiger partial charge in [0.15, 0.2) is 0 Å². The van der Waals surface area contributed by atoms with E-state index in [2.05, 4.69) is 33.8 Å². The fourth-order valence-corrected chi connectivity index (χ4v) is 3.60. The van der Waals surface area contributed by atoms with Crippen LogP contribution in [0.25, 0.3) is 0 Å². The topological polar surface area (TPSA) is 80.9 Å². The van der Waals surface area contributed by atoms with Crippen molar-refractivity contribution in [3.05, 3.63) is 82.3 Å². The van der Waals surface area contributed by atoms with Crippen LogP contribution in [0.1, 0.15) is 83.1 Å². The van der Waals surface area contributed by atoms with Crippen molar-refractivity contribution in [1.82, 2.24) is 0 Å². The van der Waals surface area contributed by atoms with Crippen molar-refractivity contribution in [2.45, 2.75) is 87.0 Å². The molecule has 0 fully saturated rings. The van der Waals surface area contributed by atoms with E-state index in [1.165, 1.54) is 23.3 Å². The van der Waals surface area contributed by atoms with Crippen LogP contribution in [0.4, 0.5) is 0 Å². The Bertz CT molecular complexity index is 917. The van der Waals surface area contributed by atoms with E-state index < -0.39 is 0 Å². The third-order valence-corrected chi connectivity index (χ3v) is 6.37. The number of allylic oxidation sites excluding steroid dienone is 4. The second-order valence-corrected chi connectivity index (χ2v) is 8.86. The fraction of sp³-hybridized carbons (Fsp3) is 0.467. The number of aliphatic hydroxyl groups excluding tert-OH is 2. The van der Waals surface area contributed by atoms with Gasteiger partial charge < -0.3 is 20.4 Å². The molecule has 0 radical (unpaired) electrons. The summed E-state index contributed by atoms with van der Waals surface area (Å²) < 4.78 is 0. The summed E-state index contributed by atoms with van der Waals surface area (Å²) in [4.78, 5) is 0. The van der Waals surface area contributed by atoms with Crippen LogP contribution in [0.5, 0.6) is 11.5 Å². The number of benzene rings is 2. The Morgan fingerprint density at radius 3 is 1.82 bits per heavy atom. The lowest BCUT2D eigenvalue weighted by Gasteiger charge is -2.29. The van der Waals surface area contributed by atoms with Gasteiger partial charge in [-0.3, -0.25) is 0 Å². The van der Waals surface area contributed by atoms with E-state index in [4.69, 9.17) is 15.3 Å². The van der Waals surface area contributed by atoms with Crippen LogP contribution in [0.2, 0.25) is 0 Å². The first kappa shape index (κ1) is 31.1. The van der Waals surface area contributed by atoms with E-state index in [1.807, 2.05) is 46.8 Å². The van der Waals surface area contributed by atoms with Crippen LogP contribution >= 0.6 is 0 Å². The molecule has 2 aromatic rings. The van der Waals surface area contributed by atoms with Crippen molar-refractivity contribution in [1.29, 1.82) is 0 Å². The lowest BCUT2D eigenvalue weighted by molar-refractivity contribution is 0.297. The molecular weight excluding hydrogens is 424 g/mol. The summed E-state index contributed by atoms with van der Waals surface area (Å²) in [7, 11) is 0. The number of phenols is 2. The van der Waals surface area contributed by atoms with Crippen LogP contribution in [-0.2, 0) is 5.41 Å². The molecule has 0 saturated carbocycles. The predicted molar refractivity (Wildman–Crippen MR) is 145 cm³/mol. The minimum Gasteiger partial charge on any atom is -0.512 e. The summed E-state index contributed by atoms with van der Waals surface area (Å²) in [5.41, 5.74) is 4.76. The number of aryl methyl sites for hydroxylation is 3. The molecule has 1 unspecified atom stereocenters. The third-order valence-electron chi connectivity index (χ3n) is 6.37. The van der Waals surface area contributed by atoms with Crippen LogP contribution in [-0.4, -0.2) is 20.4 Å². The number of rotatable bonds is 3. The second-order valence-electron chi connectivity index (χ2n) is 8.86.